The highest BCUT2D eigenvalue weighted by molar-refractivity contribution is 7.81. The van der Waals surface area contributed by atoms with Gasteiger partial charge in [0.1, 0.15) is 12.0 Å². The fraction of sp³-hybridized carbons (Fsp3) is 0. The summed E-state index contributed by atoms with van der Waals surface area (Å²) < 4.78 is 32.9. The second kappa shape index (κ2) is 3.55. The van der Waals surface area contributed by atoms with Crippen molar-refractivity contribution in [3.63, 3.8) is 0 Å². The van der Waals surface area contributed by atoms with Gasteiger partial charge in [0.15, 0.2) is 0 Å². The van der Waals surface area contributed by atoms with Crippen LogP contribution in [-0.4, -0.2) is 19.3 Å². The highest BCUT2D eigenvalue weighted by Crippen LogP contribution is 2.13. The maximum Gasteiger partial charge on any atom is 0.446 e. The Kier molecular flexibility index (Phi) is 2.64. The second-order valence-electron chi connectivity index (χ2n) is 2.20. The van der Waals surface area contributed by atoms with Gasteiger partial charge in [-0.3, -0.25) is 9.35 Å². The zero-order chi connectivity index (χ0) is 9.90. The molecule has 0 bridgehead atoms. The van der Waals surface area contributed by atoms with Crippen molar-refractivity contribution < 1.29 is 21.9 Å². The number of carbonyl (C=O) groups is 1. The topological polar surface area (TPSA) is 80.7 Å². The first kappa shape index (κ1) is 9.69. The van der Waals surface area contributed by atoms with Gasteiger partial charge < -0.3 is 4.18 Å². The van der Waals surface area contributed by atoms with E-state index in [0.29, 0.717) is 6.29 Å². The monoisotopic (exact) mass is 202 g/mol. The quantitative estimate of drug-likeness (QED) is 0.575. The van der Waals surface area contributed by atoms with Crippen LogP contribution in [-0.2, 0) is 10.4 Å². The summed E-state index contributed by atoms with van der Waals surface area (Å²) in [6, 6.07) is 5.41. The van der Waals surface area contributed by atoms with Gasteiger partial charge in [-0.05, 0) is 12.1 Å². The Hall–Kier alpha value is -1.40. The van der Waals surface area contributed by atoms with Crippen LogP contribution >= 0.6 is 0 Å². The van der Waals surface area contributed by atoms with Crippen molar-refractivity contribution in [3.05, 3.63) is 29.8 Å². The van der Waals surface area contributed by atoms with E-state index in [2.05, 4.69) is 4.18 Å². The summed E-state index contributed by atoms with van der Waals surface area (Å²) in [4.78, 5) is 10.3. The lowest BCUT2D eigenvalue weighted by atomic mass is 10.2. The van der Waals surface area contributed by atoms with Gasteiger partial charge in [-0.2, -0.15) is 8.42 Å². The largest absolute Gasteiger partial charge is 0.446 e. The summed E-state index contributed by atoms with van der Waals surface area (Å²) in [6.07, 6.45) is 0.539. The highest BCUT2D eigenvalue weighted by atomic mass is 32.3. The van der Waals surface area contributed by atoms with Crippen molar-refractivity contribution in [2.75, 3.05) is 0 Å². The molecule has 5 nitrogen and oxygen atoms in total. The number of benzene rings is 1. The van der Waals surface area contributed by atoms with Crippen LogP contribution in [0.15, 0.2) is 24.3 Å². The summed E-state index contributed by atoms with van der Waals surface area (Å²) in [5.74, 6) is -0.105. The van der Waals surface area contributed by atoms with Crippen molar-refractivity contribution in [1.29, 1.82) is 0 Å². The molecule has 0 saturated carbocycles. The van der Waals surface area contributed by atoms with Crippen LogP contribution in [0.3, 0.4) is 0 Å². The Morgan fingerprint density at radius 2 is 2.08 bits per heavy atom. The Bertz CT molecular complexity index is 409. The molecule has 0 spiro atoms. The molecule has 0 unspecified atom stereocenters. The average Bonchev–Trinajstić information content (AvgIpc) is 2.01. The fourth-order valence-corrected chi connectivity index (χ4v) is 1.11. The van der Waals surface area contributed by atoms with E-state index in [4.69, 9.17) is 4.55 Å². The minimum Gasteiger partial charge on any atom is -0.362 e. The van der Waals surface area contributed by atoms with Gasteiger partial charge in [0.25, 0.3) is 0 Å². The maximum absolute atomic E-state index is 10.3. The number of carbonyl (C=O) groups excluding carboxylic acids is 1. The molecule has 0 aliphatic carbocycles. The SMILES string of the molecule is O=Cc1cccc(OS(=O)(=O)O)c1. The minimum absolute atomic E-state index is 0.105. The van der Waals surface area contributed by atoms with Gasteiger partial charge in [0.05, 0.1) is 0 Å². The van der Waals surface area contributed by atoms with E-state index >= 15 is 0 Å². The molecule has 0 amide bonds. The minimum atomic E-state index is -4.52. The molecule has 0 heterocycles. The smallest absolute Gasteiger partial charge is 0.362 e. The number of aldehydes is 1. The third-order valence-electron chi connectivity index (χ3n) is 1.20. The summed E-state index contributed by atoms with van der Waals surface area (Å²) >= 11 is 0. The fourth-order valence-electron chi connectivity index (χ4n) is 0.761. The van der Waals surface area contributed by atoms with Crippen LogP contribution in [0.4, 0.5) is 0 Å². The molecular formula is C7H6O5S. The van der Waals surface area contributed by atoms with E-state index in [1.807, 2.05) is 0 Å². The van der Waals surface area contributed by atoms with E-state index in [-0.39, 0.29) is 11.3 Å². The van der Waals surface area contributed by atoms with Crippen molar-refractivity contribution in [2.24, 2.45) is 0 Å². The van der Waals surface area contributed by atoms with Gasteiger partial charge in [0, 0.05) is 5.56 Å². The Morgan fingerprint density at radius 1 is 1.38 bits per heavy atom. The normalized spacial score (nSPS) is 10.8. The van der Waals surface area contributed by atoms with Gasteiger partial charge in [-0.1, -0.05) is 12.1 Å². The van der Waals surface area contributed by atoms with Crippen molar-refractivity contribution in [2.45, 2.75) is 0 Å². The molecule has 0 fully saturated rings. The molecule has 0 aliphatic heterocycles. The van der Waals surface area contributed by atoms with E-state index in [0.717, 1.165) is 0 Å². The molecule has 1 rings (SSSR count). The van der Waals surface area contributed by atoms with Crippen LogP contribution in [0.25, 0.3) is 0 Å². The van der Waals surface area contributed by atoms with Crippen molar-refractivity contribution in [3.8, 4) is 5.75 Å². The molecule has 0 aliphatic rings. The summed E-state index contributed by atoms with van der Waals surface area (Å²) in [6.45, 7) is 0. The molecule has 1 N–H and O–H groups in total. The standard InChI is InChI=1S/C7H6O5S/c8-5-6-2-1-3-7(4-6)12-13(9,10)11/h1-5H,(H,9,10,11). The number of hydrogen-bond donors (Lipinski definition) is 1. The summed E-state index contributed by atoms with van der Waals surface area (Å²) in [5.41, 5.74) is 0.265. The molecule has 0 aromatic heterocycles. The summed E-state index contributed by atoms with van der Waals surface area (Å²) in [5, 5.41) is 0. The predicted molar refractivity (Wildman–Crippen MR) is 44.0 cm³/mol. The molecule has 1 aromatic rings. The maximum atomic E-state index is 10.3. The molecule has 0 saturated heterocycles. The van der Waals surface area contributed by atoms with Crippen LogP contribution < -0.4 is 4.18 Å². The average molecular weight is 202 g/mol. The lowest BCUT2D eigenvalue weighted by Crippen LogP contribution is -2.06. The lowest BCUT2D eigenvalue weighted by molar-refractivity contribution is 0.112. The molecule has 1 aromatic carbocycles. The van der Waals surface area contributed by atoms with E-state index in [1.54, 1.807) is 0 Å². The van der Waals surface area contributed by atoms with Crippen molar-refractivity contribution in [1.82, 2.24) is 0 Å². The predicted octanol–water partition coefficient (Wildman–Crippen LogP) is 0.681. The third-order valence-corrected chi connectivity index (χ3v) is 1.60. The van der Waals surface area contributed by atoms with Gasteiger partial charge in [0.2, 0.25) is 0 Å². The Morgan fingerprint density at radius 3 is 2.62 bits per heavy atom. The van der Waals surface area contributed by atoms with E-state index in [9.17, 15) is 13.2 Å². The van der Waals surface area contributed by atoms with Crippen LogP contribution in [0.5, 0.6) is 5.75 Å². The second-order valence-corrected chi connectivity index (χ2v) is 3.22. The van der Waals surface area contributed by atoms with Crippen LogP contribution in [0.1, 0.15) is 10.4 Å². The van der Waals surface area contributed by atoms with Gasteiger partial charge in [-0.15, -0.1) is 0 Å². The molecule has 70 valence electrons. The Balaban J connectivity index is 2.96. The lowest BCUT2D eigenvalue weighted by Gasteiger charge is -2.00. The van der Waals surface area contributed by atoms with Gasteiger partial charge >= 0.3 is 10.4 Å². The number of rotatable bonds is 3. The number of hydrogen-bond acceptors (Lipinski definition) is 4. The molecular weight excluding hydrogens is 196 g/mol. The zero-order valence-electron chi connectivity index (χ0n) is 6.38. The Labute approximate surface area is 74.9 Å². The molecule has 0 radical (unpaired) electrons. The molecule has 13 heavy (non-hydrogen) atoms. The highest BCUT2D eigenvalue weighted by Gasteiger charge is 2.06. The van der Waals surface area contributed by atoms with Gasteiger partial charge in [-0.25, -0.2) is 0 Å². The first-order valence-corrected chi connectivity index (χ1v) is 4.60. The molecule has 0 atom stereocenters. The molecule has 6 heteroatoms. The first-order chi connectivity index (χ1) is 6.01. The van der Waals surface area contributed by atoms with Crippen LogP contribution in [0.2, 0.25) is 0 Å². The third kappa shape index (κ3) is 3.22. The van der Waals surface area contributed by atoms with Crippen molar-refractivity contribution >= 4 is 16.7 Å². The first-order valence-electron chi connectivity index (χ1n) is 3.23. The van der Waals surface area contributed by atoms with E-state index < -0.39 is 10.4 Å². The van der Waals surface area contributed by atoms with E-state index in [1.165, 1.54) is 24.3 Å². The summed E-state index contributed by atoms with van der Waals surface area (Å²) in [7, 11) is -4.52. The van der Waals surface area contributed by atoms with Crippen LogP contribution in [0, 0.1) is 0 Å². The zero-order valence-corrected chi connectivity index (χ0v) is 7.19.